The topological polar surface area (TPSA) is 92.2 Å². The second-order valence-corrected chi connectivity index (χ2v) is 1.50. The molecular formula is Hg4O4Si. The summed E-state index contributed by atoms with van der Waals surface area (Å²) in [5, 5.41) is 0. The summed E-state index contributed by atoms with van der Waals surface area (Å²) in [6.07, 6.45) is 0. The number of hydrogen-bond donors (Lipinski definition) is 0. The molecule has 4 radical (unpaired) electrons. The minimum Gasteiger partial charge on any atom is -0.894 e. The Labute approximate surface area is 136 Å². The van der Waals surface area contributed by atoms with Crippen molar-refractivity contribution < 1.29 is 130 Å². The van der Waals surface area contributed by atoms with Crippen LogP contribution in [0.25, 0.3) is 0 Å². The zero-order chi connectivity index (χ0) is 4.50. The van der Waals surface area contributed by atoms with Crippen LogP contribution in [-0.4, -0.2) is 9.05 Å². The number of rotatable bonds is 0. The Morgan fingerprint density at radius 1 is 0.556 bits per heavy atom. The van der Waals surface area contributed by atoms with Crippen LogP contribution in [0.5, 0.6) is 0 Å². The van der Waals surface area contributed by atoms with E-state index in [0.717, 1.165) is 0 Å². The second kappa shape index (κ2) is 14.3. The third-order valence-corrected chi connectivity index (χ3v) is 0. The SMILES string of the molecule is [Hg+].[Hg+].[Hg+].[Hg+].[O-][Si]([O-])([O-])[O-]. The van der Waals surface area contributed by atoms with E-state index in [4.69, 9.17) is 19.2 Å². The predicted octanol–water partition coefficient (Wildman–Crippen LogP) is -5.15. The van der Waals surface area contributed by atoms with E-state index in [0.29, 0.717) is 0 Å². The van der Waals surface area contributed by atoms with Gasteiger partial charge in [-0.1, -0.05) is 0 Å². The van der Waals surface area contributed by atoms with Gasteiger partial charge >= 0.3 is 111 Å². The van der Waals surface area contributed by atoms with Crippen molar-refractivity contribution in [1.29, 1.82) is 0 Å². The first kappa shape index (κ1) is 29.3. The molecule has 36 valence electrons. The van der Waals surface area contributed by atoms with Crippen LogP contribution in [-0.2, 0) is 111 Å². The van der Waals surface area contributed by atoms with Gasteiger partial charge < -0.3 is 28.2 Å². The Morgan fingerprint density at radius 2 is 0.556 bits per heavy atom. The molecule has 0 saturated carbocycles. The van der Waals surface area contributed by atoms with Crippen LogP contribution in [0.4, 0.5) is 0 Å². The molecule has 0 fully saturated rings. The largest absolute Gasteiger partial charge is 1.00 e. The molecule has 0 aliphatic heterocycles. The Balaban J connectivity index is -0.0000000133. The first-order valence-corrected chi connectivity index (χ1v) is 2.45. The van der Waals surface area contributed by atoms with Crippen molar-refractivity contribution >= 4 is 9.05 Å². The van der Waals surface area contributed by atoms with Gasteiger partial charge in [-0.05, 0) is 0 Å². The van der Waals surface area contributed by atoms with E-state index in [2.05, 4.69) is 0 Å². The van der Waals surface area contributed by atoms with Gasteiger partial charge in [0.15, 0.2) is 0 Å². The van der Waals surface area contributed by atoms with Gasteiger partial charge in [0.25, 0.3) is 0 Å². The molecule has 0 saturated heterocycles. The fourth-order valence-electron chi connectivity index (χ4n) is 0. The molecule has 0 rings (SSSR count). The van der Waals surface area contributed by atoms with Gasteiger partial charge in [0.1, 0.15) is 0 Å². The summed E-state index contributed by atoms with van der Waals surface area (Å²) in [7, 11) is -5.61. The van der Waals surface area contributed by atoms with Crippen LogP contribution in [0.2, 0.25) is 0 Å². The summed E-state index contributed by atoms with van der Waals surface area (Å²) in [5.41, 5.74) is 0. The Kier molecular flexibility index (Phi) is 46.6. The molecule has 9 heteroatoms. The van der Waals surface area contributed by atoms with Crippen LogP contribution >= 0.6 is 0 Å². The molecule has 0 aromatic rings. The maximum Gasteiger partial charge on any atom is 1.00 e. The van der Waals surface area contributed by atoms with Gasteiger partial charge in [-0.3, -0.25) is 0 Å². The average Bonchev–Trinajstić information content (AvgIpc) is 0.722. The molecule has 0 aromatic carbocycles. The van der Waals surface area contributed by atoms with Crippen molar-refractivity contribution in [3.8, 4) is 0 Å². The Hall–Kier alpha value is 3.80. The quantitative estimate of drug-likeness (QED) is 0.228. The Morgan fingerprint density at radius 3 is 0.556 bits per heavy atom. The molecule has 0 N–H and O–H groups in total. The van der Waals surface area contributed by atoms with Gasteiger partial charge in [-0.25, -0.2) is 0 Å². The molecule has 0 spiro atoms. The van der Waals surface area contributed by atoms with Crippen molar-refractivity contribution in [2.75, 3.05) is 0 Å². The average molecular weight is 894 g/mol. The van der Waals surface area contributed by atoms with E-state index >= 15 is 0 Å². The molecule has 0 aliphatic rings. The summed E-state index contributed by atoms with van der Waals surface area (Å²) in [6.45, 7) is 0. The van der Waals surface area contributed by atoms with Crippen molar-refractivity contribution in [1.82, 2.24) is 0 Å². The van der Waals surface area contributed by atoms with E-state index in [1.165, 1.54) is 0 Å². The molecule has 0 bridgehead atoms. The van der Waals surface area contributed by atoms with Crippen LogP contribution in [0.3, 0.4) is 0 Å². The minimum absolute atomic E-state index is 0. The minimum atomic E-state index is -5.61. The van der Waals surface area contributed by atoms with Crippen molar-refractivity contribution in [2.24, 2.45) is 0 Å². The third-order valence-electron chi connectivity index (χ3n) is 0. The summed E-state index contributed by atoms with van der Waals surface area (Å²) in [6, 6.07) is 0. The molecule has 0 amide bonds. The van der Waals surface area contributed by atoms with E-state index in [-0.39, 0.29) is 111 Å². The van der Waals surface area contributed by atoms with Crippen molar-refractivity contribution in [3.63, 3.8) is 0 Å². The third kappa shape index (κ3) is 78.5. The maximum absolute atomic E-state index is 8.58. The van der Waals surface area contributed by atoms with E-state index < -0.39 is 9.05 Å². The first-order valence-electron chi connectivity index (χ1n) is 0.816. The molecule has 0 atom stereocenters. The second-order valence-electron chi connectivity index (χ2n) is 0.500. The smallest absolute Gasteiger partial charge is 0.894 e. The van der Waals surface area contributed by atoms with Crippen molar-refractivity contribution in [2.45, 2.75) is 0 Å². The van der Waals surface area contributed by atoms with Crippen LogP contribution in [0, 0.1) is 0 Å². The molecule has 4 nitrogen and oxygen atoms in total. The van der Waals surface area contributed by atoms with E-state index in [1.807, 2.05) is 0 Å². The van der Waals surface area contributed by atoms with Crippen molar-refractivity contribution in [3.05, 3.63) is 0 Å². The van der Waals surface area contributed by atoms with Gasteiger partial charge in [0, 0.05) is 0 Å². The molecule has 0 unspecified atom stereocenters. The normalized spacial score (nSPS) is 6.67. The summed E-state index contributed by atoms with van der Waals surface area (Å²) in [4.78, 5) is 34.3. The standard InChI is InChI=1S/4Hg.O4Si/c;;;;1-5(2,3)4/q4*+1;-4. The summed E-state index contributed by atoms with van der Waals surface area (Å²) < 4.78 is 0. The molecule has 0 heterocycles. The van der Waals surface area contributed by atoms with Gasteiger partial charge in [0.2, 0.25) is 0 Å². The summed E-state index contributed by atoms with van der Waals surface area (Å²) in [5.74, 6) is 0. The maximum atomic E-state index is 8.58. The predicted molar refractivity (Wildman–Crippen MR) is 5.75 cm³/mol. The Bertz CT molecular complexity index is 28.0. The molecular weight excluding hydrogens is 894 g/mol. The first-order chi connectivity index (χ1) is 2.00. The van der Waals surface area contributed by atoms with Gasteiger partial charge in [0.05, 0.1) is 0 Å². The molecule has 9 heavy (non-hydrogen) atoms. The van der Waals surface area contributed by atoms with Crippen LogP contribution < -0.4 is 19.2 Å². The van der Waals surface area contributed by atoms with Crippen LogP contribution in [0.15, 0.2) is 0 Å². The monoisotopic (exact) mass is 900 g/mol. The number of hydrogen-bond acceptors (Lipinski definition) is 4. The van der Waals surface area contributed by atoms with E-state index in [1.54, 1.807) is 0 Å². The molecule has 0 aliphatic carbocycles. The summed E-state index contributed by atoms with van der Waals surface area (Å²) >= 11 is 0. The van der Waals surface area contributed by atoms with E-state index in [9.17, 15) is 0 Å². The zero-order valence-corrected chi connectivity index (χ0v) is 28.0. The van der Waals surface area contributed by atoms with Crippen LogP contribution in [0.1, 0.15) is 0 Å². The fourth-order valence-corrected chi connectivity index (χ4v) is 0. The zero-order valence-electron chi connectivity index (χ0n) is 4.96. The van der Waals surface area contributed by atoms with Gasteiger partial charge in [-0.15, -0.1) is 0 Å². The molecule has 0 aromatic heterocycles. The van der Waals surface area contributed by atoms with Gasteiger partial charge in [-0.2, -0.15) is 0 Å². The fraction of sp³-hybridized carbons (Fsp3) is 0.